The lowest BCUT2D eigenvalue weighted by Crippen LogP contribution is -2.43. The second-order valence-electron chi connectivity index (χ2n) is 7.02. The summed E-state index contributed by atoms with van der Waals surface area (Å²) < 4.78 is 0. The van der Waals surface area contributed by atoms with E-state index in [0.29, 0.717) is 25.0 Å². The van der Waals surface area contributed by atoms with E-state index in [2.05, 4.69) is 17.6 Å². The maximum absolute atomic E-state index is 12.2. The molecule has 1 aromatic carbocycles. The Hall–Kier alpha value is -2.04. The predicted octanol–water partition coefficient (Wildman–Crippen LogP) is 3.16. The molecule has 5 heteroatoms. The number of nitrogens with zero attached hydrogens (tertiary/aromatic N) is 1. The molecule has 2 atom stereocenters. The molecule has 138 valence electrons. The van der Waals surface area contributed by atoms with Crippen LogP contribution in [0.3, 0.4) is 0 Å². The number of rotatable bonds is 7. The van der Waals surface area contributed by atoms with Crippen molar-refractivity contribution in [2.24, 2.45) is 5.92 Å². The first-order chi connectivity index (χ1) is 12.0. The van der Waals surface area contributed by atoms with Crippen LogP contribution in [0, 0.1) is 5.92 Å². The first-order valence-corrected chi connectivity index (χ1v) is 9.37. The summed E-state index contributed by atoms with van der Waals surface area (Å²) in [5.41, 5.74) is 1.97. The molecule has 0 aliphatic heterocycles. The van der Waals surface area contributed by atoms with Crippen molar-refractivity contribution in [3.05, 3.63) is 29.8 Å². The summed E-state index contributed by atoms with van der Waals surface area (Å²) in [7, 11) is 0. The number of benzene rings is 1. The molecule has 25 heavy (non-hydrogen) atoms. The van der Waals surface area contributed by atoms with Gasteiger partial charge in [0.1, 0.15) is 0 Å². The van der Waals surface area contributed by atoms with Crippen molar-refractivity contribution >= 4 is 17.5 Å². The summed E-state index contributed by atoms with van der Waals surface area (Å²) >= 11 is 0. The van der Waals surface area contributed by atoms with Gasteiger partial charge in [0.25, 0.3) is 0 Å². The lowest BCUT2D eigenvalue weighted by Gasteiger charge is -2.29. The third-order valence-corrected chi connectivity index (χ3v) is 5.04. The normalized spacial score (nSPS) is 20.0. The molecule has 1 aliphatic rings. The zero-order chi connectivity index (χ0) is 18.2. The van der Waals surface area contributed by atoms with Gasteiger partial charge in [0.05, 0.1) is 6.54 Å². The van der Waals surface area contributed by atoms with Crippen molar-refractivity contribution in [1.82, 2.24) is 10.2 Å². The molecule has 0 saturated heterocycles. The number of carbonyl (C=O) groups excluding carboxylic acids is 2. The van der Waals surface area contributed by atoms with Crippen LogP contribution in [0.4, 0.5) is 5.69 Å². The standard InChI is InChI=1S/C20H31N3O2/c1-4-23(16(3)24)14-17-9-7-10-18(12-17)21-13-20(25)22-19-11-6-5-8-15(19)2/h7,9-10,12,15,19,21H,4-6,8,11,13-14H2,1-3H3,(H,22,25). The first-order valence-electron chi connectivity index (χ1n) is 9.37. The van der Waals surface area contributed by atoms with Gasteiger partial charge in [-0.05, 0) is 43.4 Å². The summed E-state index contributed by atoms with van der Waals surface area (Å²) in [6.45, 7) is 7.33. The topological polar surface area (TPSA) is 61.4 Å². The molecule has 0 spiro atoms. The summed E-state index contributed by atoms with van der Waals surface area (Å²) in [6.07, 6.45) is 4.76. The predicted molar refractivity (Wildman–Crippen MR) is 101 cm³/mol. The quantitative estimate of drug-likeness (QED) is 0.798. The molecule has 2 N–H and O–H groups in total. The highest BCUT2D eigenvalue weighted by Gasteiger charge is 2.22. The lowest BCUT2D eigenvalue weighted by atomic mass is 9.86. The highest BCUT2D eigenvalue weighted by molar-refractivity contribution is 5.81. The van der Waals surface area contributed by atoms with E-state index in [1.165, 1.54) is 19.3 Å². The molecule has 1 saturated carbocycles. The van der Waals surface area contributed by atoms with Gasteiger partial charge in [-0.1, -0.05) is 31.9 Å². The number of carbonyl (C=O) groups is 2. The molecule has 1 fully saturated rings. The minimum absolute atomic E-state index is 0.0445. The van der Waals surface area contributed by atoms with E-state index in [9.17, 15) is 9.59 Å². The van der Waals surface area contributed by atoms with Crippen LogP contribution in [0.25, 0.3) is 0 Å². The van der Waals surface area contributed by atoms with E-state index >= 15 is 0 Å². The molecule has 0 heterocycles. The zero-order valence-electron chi connectivity index (χ0n) is 15.7. The van der Waals surface area contributed by atoms with Crippen molar-refractivity contribution < 1.29 is 9.59 Å². The van der Waals surface area contributed by atoms with Crippen LogP contribution in [-0.2, 0) is 16.1 Å². The molecule has 2 unspecified atom stereocenters. The van der Waals surface area contributed by atoms with Gasteiger partial charge in [0.15, 0.2) is 0 Å². The van der Waals surface area contributed by atoms with E-state index in [4.69, 9.17) is 0 Å². The molecule has 5 nitrogen and oxygen atoms in total. The van der Waals surface area contributed by atoms with E-state index < -0.39 is 0 Å². The molecule has 2 amide bonds. The van der Waals surface area contributed by atoms with E-state index in [1.807, 2.05) is 31.2 Å². The Bertz CT molecular complexity index is 588. The molecule has 0 aromatic heterocycles. The van der Waals surface area contributed by atoms with Crippen LogP contribution in [0.5, 0.6) is 0 Å². The molecular weight excluding hydrogens is 314 g/mol. The van der Waals surface area contributed by atoms with Gasteiger partial charge in [-0.2, -0.15) is 0 Å². The first kappa shape index (κ1) is 19.3. The van der Waals surface area contributed by atoms with E-state index in [1.54, 1.807) is 11.8 Å². The third-order valence-electron chi connectivity index (χ3n) is 5.04. The average molecular weight is 345 g/mol. The molecule has 2 rings (SSSR count). The van der Waals surface area contributed by atoms with Gasteiger partial charge in [0.2, 0.25) is 11.8 Å². The third kappa shape index (κ3) is 6.07. The number of nitrogens with one attached hydrogen (secondary N) is 2. The Morgan fingerprint density at radius 2 is 2.00 bits per heavy atom. The molecule has 0 radical (unpaired) electrons. The van der Waals surface area contributed by atoms with Crippen LogP contribution >= 0.6 is 0 Å². The van der Waals surface area contributed by atoms with Crippen LogP contribution in [0.2, 0.25) is 0 Å². The van der Waals surface area contributed by atoms with Crippen LogP contribution in [0.15, 0.2) is 24.3 Å². The maximum atomic E-state index is 12.2. The Morgan fingerprint density at radius 3 is 2.68 bits per heavy atom. The van der Waals surface area contributed by atoms with Crippen LogP contribution < -0.4 is 10.6 Å². The van der Waals surface area contributed by atoms with Gasteiger partial charge >= 0.3 is 0 Å². The molecule has 1 aliphatic carbocycles. The van der Waals surface area contributed by atoms with Crippen LogP contribution in [0.1, 0.15) is 52.0 Å². The fourth-order valence-electron chi connectivity index (χ4n) is 3.42. The highest BCUT2D eigenvalue weighted by atomic mass is 16.2. The Labute approximate surface area is 151 Å². The van der Waals surface area contributed by atoms with E-state index in [-0.39, 0.29) is 18.4 Å². The van der Waals surface area contributed by atoms with Crippen molar-refractivity contribution in [3.63, 3.8) is 0 Å². The van der Waals surface area contributed by atoms with Crippen molar-refractivity contribution in [2.45, 2.75) is 59.0 Å². The average Bonchev–Trinajstić information content (AvgIpc) is 2.60. The van der Waals surface area contributed by atoms with Gasteiger partial charge in [-0.3, -0.25) is 9.59 Å². The minimum atomic E-state index is 0.0445. The van der Waals surface area contributed by atoms with Gasteiger partial charge in [0, 0.05) is 31.7 Å². The summed E-state index contributed by atoms with van der Waals surface area (Å²) in [5.74, 6) is 0.678. The summed E-state index contributed by atoms with van der Waals surface area (Å²) in [5, 5.41) is 6.35. The Kier molecular flexibility index (Phi) is 7.29. The second-order valence-corrected chi connectivity index (χ2v) is 7.02. The largest absolute Gasteiger partial charge is 0.376 e. The van der Waals surface area contributed by atoms with Crippen molar-refractivity contribution in [1.29, 1.82) is 0 Å². The Morgan fingerprint density at radius 1 is 1.24 bits per heavy atom. The molecular formula is C20H31N3O2. The minimum Gasteiger partial charge on any atom is -0.376 e. The fourth-order valence-corrected chi connectivity index (χ4v) is 3.42. The van der Waals surface area contributed by atoms with Crippen LogP contribution in [-0.4, -0.2) is 35.8 Å². The fraction of sp³-hybridized carbons (Fsp3) is 0.600. The monoisotopic (exact) mass is 345 g/mol. The smallest absolute Gasteiger partial charge is 0.239 e. The number of amides is 2. The van der Waals surface area contributed by atoms with Crippen molar-refractivity contribution in [2.75, 3.05) is 18.4 Å². The number of hydrogen-bond donors (Lipinski definition) is 2. The Balaban J connectivity index is 1.85. The maximum Gasteiger partial charge on any atom is 0.239 e. The lowest BCUT2D eigenvalue weighted by molar-refractivity contribution is -0.129. The molecule has 1 aromatic rings. The zero-order valence-corrected chi connectivity index (χ0v) is 15.7. The number of hydrogen-bond acceptors (Lipinski definition) is 3. The summed E-state index contributed by atoms with van der Waals surface area (Å²) in [4.78, 5) is 25.5. The number of anilines is 1. The highest BCUT2D eigenvalue weighted by Crippen LogP contribution is 2.23. The van der Waals surface area contributed by atoms with Gasteiger partial charge < -0.3 is 15.5 Å². The molecule has 0 bridgehead atoms. The SMILES string of the molecule is CCN(Cc1cccc(NCC(=O)NC2CCCCC2C)c1)C(C)=O. The van der Waals surface area contributed by atoms with Gasteiger partial charge in [-0.15, -0.1) is 0 Å². The summed E-state index contributed by atoms with van der Waals surface area (Å²) in [6, 6.07) is 8.21. The second kappa shape index (κ2) is 9.44. The van der Waals surface area contributed by atoms with Gasteiger partial charge in [-0.25, -0.2) is 0 Å². The van der Waals surface area contributed by atoms with Crippen molar-refractivity contribution in [3.8, 4) is 0 Å². The van der Waals surface area contributed by atoms with E-state index in [0.717, 1.165) is 17.7 Å².